The van der Waals surface area contributed by atoms with Gasteiger partial charge in [-0.2, -0.15) is 13.7 Å². The van der Waals surface area contributed by atoms with E-state index in [-0.39, 0.29) is 29.5 Å². The van der Waals surface area contributed by atoms with Crippen molar-refractivity contribution in [2.24, 2.45) is 5.10 Å². The zero-order valence-electron chi connectivity index (χ0n) is 22.0. The number of methoxy groups -OCH3 is 1. The SMILES string of the molecule is COC(=O)COc1cccc(/C=N\NC(=O)[C@@H]2CN(S(=O)(=O)c3ccccc3)CCN2S(=O)(=O)c2ccccc2)c1. The van der Waals surface area contributed by atoms with E-state index < -0.39 is 44.5 Å². The van der Waals surface area contributed by atoms with Gasteiger partial charge in [0, 0.05) is 19.6 Å². The Kier molecular flexibility index (Phi) is 9.50. The summed E-state index contributed by atoms with van der Waals surface area (Å²) in [6.45, 7) is -1.09. The summed E-state index contributed by atoms with van der Waals surface area (Å²) in [7, 11) is -6.90. The molecule has 0 aliphatic carbocycles. The van der Waals surface area contributed by atoms with Gasteiger partial charge >= 0.3 is 5.97 Å². The molecule has 1 fully saturated rings. The summed E-state index contributed by atoms with van der Waals surface area (Å²) >= 11 is 0. The first-order chi connectivity index (χ1) is 19.6. The van der Waals surface area contributed by atoms with Crippen molar-refractivity contribution in [3.8, 4) is 5.75 Å². The summed E-state index contributed by atoms with van der Waals surface area (Å²) in [6, 6.07) is 20.4. The number of amides is 1. The summed E-state index contributed by atoms with van der Waals surface area (Å²) in [5.41, 5.74) is 2.85. The highest BCUT2D eigenvalue weighted by atomic mass is 32.2. The molecule has 4 rings (SSSR count). The second-order valence-corrected chi connectivity index (χ2v) is 12.6. The lowest BCUT2D eigenvalue weighted by Crippen LogP contribution is -2.60. The van der Waals surface area contributed by atoms with Crippen LogP contribution in [0.3, 0.4) is 0 Å². The molecule has 0 saturated carbocycles. The number of nitrogens with zero attached hydrogens (tertiary/aromatic N) is 3. The van der Waals surface area contributed by atoms with Crippen molar-refractivity contribution in [2.45, 2.75) is 15.8 Å². The number of sulfonamides is 2. The predicted octanol–water partition coefficient (Wildman–Crippen LogP) is 1.45. The van der Waals surface area contributed by atoms with Crippen LogP contribution >= 0.6 is 0 Å². The van der Waals surface area contributed by atoms with Gasteiger partial charge in [-0.15, -0.1) is 0 Å². The van der Waals surface area contributed by atoms with Gasteiger partial charge in [-0.1, -0.05) is 48.5 Å². The number of benzene rings is 3. The molecule has 1 saturated heterocycles. The van der Waals surface area contributed by atoms with Gasteiger partial charge in [0.05, 0.1) is 23.1 Å². The van der Waals surface area contributed by atoms with Gasteiger partial charge < -0.3 is 9.47 Å². The van der Waals surface area contributed by atoms with Crippen LogP contribution in [-0.2, 0) is 34.4 Å². The number of hydrogen-bond acceptors (Lipinski definition) is 9. The summed E-state index contributed by atoms with van der Waals surface area (Å²) < 4.78 is 65.5. The fraction of sp³-hybridized carbons (Fsp3) is 0.222. The zero-order chi connectivity index (χ0) is 29.5. The lowest BCUT2D eigenvalue weighted by molar-refractivity contribution is -0.142. The smallest absolute Gasteiger partial charge is 0.343 e. The minimum absolute atomic E-state index is 0.0237. The molecule has 0 aromatic heterocycles. The minimum Gasteiger partial charge on any atom is -0.482 e. The van der Waals surface area contributed by atoms with E-state index in [9.17, 15) is 26.4 Å². The lowest BCUT2D eigenvalue weighted by Gasteiger charge is -2.38. The highest BCUT2D eigenvalue weighted by Crippen LogP contribution is 2.25. The Balaban J connectivity index is 1.56. The molecule has 1 N–H and O–H groups in total. The molecule has 0 bridgehead atoms. The van der Waals surface area contributed by atoms with Crippen molar-refractivity contribution in [3.05, 3.63) is 90.5 Å². The van der Waals surface area contributed by atoms with Gasteiger partial charge in [0.1, 0.15) is 11.8 Å². The highest BCUT2D eigenvalue weighted by molar-refractivity contribution is 7.89. The minimum atomic E-state index is -4.14. The normalized spacial score (nSPS) is 16.8. The monoisotopic (exact) mass is 600 g/mol. The van der Waals surface area contributed by atoms with E-state index in [0.717, 1.165) is 8.61 Å². The van der Waals surface area contributed by atoms with Crippen molar-refractivity contribution >= 4 is 38.1 Å². The Morgan fingerprint density at radius 1 is 0.902 bits per heavy atom. The van der Waals surface area contributed by atoms with Gasteiger partial charge in [0.15, 0.2) is 6.61 Å². The first-order valence-electron chi connectivity index (χ1n) is 12.4. The number of carbonyl (C=O) groups is 2. The Bertz CT molecular complexity index is 1620. The summed E-state index contributed by atoms with van der Waals surface area (Å²) in [4.78, 5) is 24.7. The van der Waals surface area contributed by atoms with E-state index in [2.05, 4.69) is 15.3 Å². The third kappa shape index (κ3) is 7.16. The number of piperazine rings is 1. The van der Waals surface area contributed by atoms with Gasteiger partial charge in [-0.05, 0) is 42.0 Å². The van der Waals surface area contributed by atoms with Crippen LogP contribution in [0.2, 0.25) is 0 Å². The van der Waals surface area contributed by atoms with Crippen molar-refractivity contribution in [1.29, 1.82) is 0 Å². The highest BCUT2D eigenvalue weighted by Gasteiger charge is 2.43. The average Bonchev–Trinajstić information content (AvgIpc) is 3.00. The van der Waals surface area contributed by atoms with Crippen LogP contribution in [-0.4, -0.2) is 82.9 Å². The van der Waals surface area contributed by atoms with Gasteiger partial charge in [0.2, 0.25) is 20.0 Å². The van der Waals surface area contributed by atoms with Gasteiger partial charge in [-0.25, -0.2) is 27.1 Å². The topological polar surface area (TPSA) is 152 Å². The fourth-order valence-electron chi connectivity index (χ4n) is 4.06. The predicted molar refractivity (Wildman–Crippen MR) is 149 cm³/mol. The number of carbonyl (C=O) groups excluding carboxylic acids is 2. The van der Waals surface area contributed by atoms with Gasteiger partial charge in [0.25, 0.3) is 5.91 Å². The van der Waals surface area contributed by atoms with E-state index in [0.29, 0.717) is 11.3 Å². The molecule has 14 heteroatoms. The molecule has 0 unspecified atom stereocenters. The molecule has 216 valence electrons. The van der Waals surface area contributed by atoms with E-state index in [1.807, 2.05) is 0 Å². The lowest BCUT2D eigenvalue weighted by atomic mass is 10.2. The fourth-order valence-corrected chi connectivity index (χ4v) is 7.11. The Hall–Kier alpha value is -4.11. The number of esters is 1. The van der Waals surface area contributed by atoms with Crippen LogP contribution in [0, 0.1) is 0 Å². The van der Waals surface area contributed by atoms with Crippen LogP contribution in [0.1, 0.15) is 5.56 Å². The maximum atomic E-state index is 13.5. The first-order valence-corrected chi connectivity index (χ1v) is 15.3. The first kappa shape index (κ1) is 29.9. The number of rotatable bonds is 10. The summed E-state index contributed by atoms with van der Waals surface area (Å²) in [5.74, 6) is -1.01. The molecule has 0 spiro atoms. The second-order valence-electron chi connectivity index (χ2n) is 8.79. The van der Waals surface area contributed by atoms with Crippen LogP contribution < -0.4 is 10.2 Å². The zero-order valence-corrected chi connectivity index (χ0v) is 23.6. The van der Waals surface area contributed by atoms with Crippen LogP contribution in [0.15, 0.2) is 99.8 Å². The van der Waals surface area contributed by atoms with E-state index in [1.165, 1.54) is 37.6 Å². The third-order valence-corrected chi connectivity index (χ3v) is 9.96. The molecule has 0 radical (unpaired) electrons. The van der Waals surface area contributed by atoms with E-state index in [4.69, 9.17) is 4.74 Å². The van der Waals surface area contributed by atoms with E-state index in [1.54, 1.807) is 60.7 Å². The summed E-state index contributed by atoms with van der Waals surface area (Å²) in [6.07, 6.45) is 1.31. The molecule has 3 aromatic carbocycles. The molecular weight excluding hydrogens is 572 g/mol. The number of nitrogens with one attached hydrogen (secondary N) is 1. The number of hydrazone groups is 1. The van der Waals surface area contributed by atoms with Crippen molar-refractivity contribution in [2.75, 3.05) is 33.4 Å². The third-order valence-electron chi connectivity index (χ3n) is 6.16. The molecule has 12 nitrogen and oxygen atoms in total. The quantitative estimate of drug-likeness (QED) is 0.209. The van der Waals surface area contributed by atoms with E-state index >= 15 is 0 Å². The number of ether oxygens (including phenoxy) is 2. The number of hydrogen-bond donors (Lipinski definition) is 1. The Morgan fingerprint density at radius 3 is 2.17 bits per heavy atom. The molecule has 1 atom stereocenters. The van der Waals surface area contributed by atoms with Crippen LogP contribution in [0.5, 0.6) is 5.75 Å². The van der Waals surface area contributed by atoms with Crippen molar-refractivity contribution in [3.63, 3.8) is 0 Å². The van der Waals surface area contributed by atoms with Crippen LogP contribution in [0.25, 0.3) is 0 Å². The summed E-state index contributed by atoms with van der Waals surface area (Å²) in [5, 5.41) is 3.94. The molecule has 3 aromatic rings. The van der Waals surface area contributed by atoms with Crippen molar-refractivity contribution in [1.82, 2.24) is 14.0 Å². The molecule has 1 aliphatic rings. The Morgan fingerprint density at radius 2 is 1.54 bits per heavy atom. The molecule has 41 heavy (non-hydrogen) atoms. The molecular formula is C27H28N4O8S2. The average molecular weight is 601 g/mol. The van der Waals surface area contributed by atoms with Crippen molar-refractivity contribution < 1.29 is 35.9 Å². The maximum Gasteiger partial charge on any atom is 0.343 e. The molecule has 1 aliphatic heterocycles. The molecule has 1 amide bonds. The second kappa shape index (κ2) is 13.0. The standard InChI is InChI=1S/C27H28N4O8S2/c1-38-26(32)20-39-22-10-8-9-21(17-22)18-28-29-27(33)25-19-30(40(34,35)23-11-4-2-5-12-23)15-16-31(25)41(36,37)24-13-6-3-7-14-24/h2-14,17-18,25H,15-16,19-20H2,1H3,(H,29,33)/b28-18-/t25-/m0/s1. The molecule has 1 heterocycles. The van der Waals surface area contributed by atoms with Gasteiger partial charge in [-0.3, -0.25) is 4.79 Å². The largest absolute Gasteiger partial charge is 0.482 e. The Labute approximate surface area is 238 Å². The van der Waals surface area contributed by atoms with Crippen LogP contribution in [0.4, 0.5) is 0 Å². The maximum absolute atomic E-state index is 13.5.